The van der Waals surface area contributed by atoms with Crippen molar-refractivity contribution in [1.29, 1.82) is 0 Å². The van der Waals surface area contributed by atoms with Crippen molar-refractivity contribution in [2.75, 3.05) is 0 Å². The Balaban J connectivity index is 2.57. The third kappa shape index (κ3) is 2.03. The lowest BCUT2D eigenvalue weighted by atomic mass is 10.3. The number of halogens is 1. The molecule has 0 radical (unpaired) electrons. The van der Waals surface area contributed by atoms with Crippen LogP contribution in [0.1, 0.15) is 20.8 Å². The molecule has 2 rings (SSSR count). The molecule has 0 aliphatic heterocycles. The van der Waals surface area contributed by atoms with E-state index in [0.29, 0.717) is 5.65 Å². The van der Waals surface area contributed by atoms with E-state index in [9.17, 15) is 4.55 Å². The van der Waals surface area contributed by atoms with Gasteiger partial charge in [-0.1, -0.05) is 0 Å². The summed E-state index contributed by atoms with van der Waals surface area (Å²) >= 11 is 4.55. The summed E-state index contributed by atoms with van der Waals surface area (Å²) in [7, 11) is 0. The molecule has 0 amide bonds. The lowest BCUT2D eigenvalue weighted by molar-refractivity contribution is 0.551. The fourth-order valence-electron chi connectivity index (χ4n) is 1.30. The van der Waals surface area contributed by atoms with Gasteiger partial charge in [0.15, 0.2) is 5.65 Å². The van der Waals surface area contributed by atoms with Crippen molar-refractivity contribution in [3.63, 3.8) is 0 Å². The molecule has 0 aromatic carbocycles. The van der Waals surface area contributed by atoms with Crippen molar-refractivity contribution in [1.82, 2.24) is 13.9 Å². The monoisotopic (exact) mass is 257 g/mol. The zero-order valence-corrected chi connectivity index (χ0v) is 10.8. The number of aromatic nitrogens is 3. The smallest absolute Gasteiger partial charge is 0.224 e. The van der Waals surface area contributed by atoms with E-state index in [0.717, 1.165) is 5.39 Å². The van der Waals surface area contributed by atoms with Gasteiger partial charge in [0.1, 0.15) is 4.75 Å². The lowest BCUT2D eigenvalue weighted by Crippen LogP contribution is -2.33. The highest BCUT2D eigenvalue weighted by atomic mass is 35.5. The minimum absolute atomic E-state index is 0.165. The Hall–Kier alpha value is -0.780. The molecule has 0 fully saturated rings. The van der Waals surface area contributed by atoms with Crippen molar-refractivity contribution in [3.05, 3.63) is 23.7 Å². The predicted molar refractivity (Wildman–Crippen MR) is 65.8 cm³/mol. The summed E-state index contributed by atoms with van der Waals surface area (Å²) in [6, 6.07) is 1.83. The highest BCUT2D eigenvalue weighted by Crippen LogP contribution is 2.23. The Labute approximate surface area is 102 Å². The number of hydrogen-bond donors (Lipinski definition) is 0. The van der Waals surface area contributed by atoms with Gasteiger partial charge in [-0.2, -0.15) is 8.96 Å². The minimum atomic E-state index is -1.18. The molecule has 0 spiro atoms. The third-order valence-corrected chi connectivity index (χ3v) is 3.95. The maximum absolute atomic E-state index is 12.2. The van der Waals surface area contributed by atoms with Gasteiger partial charge < -0.3 is 4.55 Å². The van der Waals surface area contributed by atoms with Crippen LogP contribution in [0.4, 0.5) is 0 Å². The SMILES string of the molecule is CC(C)(C)[S+]([O-])n1ccc2cnc(Cl)nc21. The summed E-state index contributed by atoms with van der Waals surface area (Å²) < 4.78 is 13.5. The summed E-state index contributed by atoms with van der Waals surface area (Å²) in [5.74, 6) is 0. The molecule has 6 heteroatoms. The van der Waals surface area contributed by atoms with E-state index in [1.807, 2.05) is 26.8 Å². The molecule has 4 nitrogen and oxygen atoms in total. The second-order valence-electron chi connectivity index (χ2n) is 4.42. The maximum atomic E-state index is 12.2. The Morgan fingerprint density at radius 1 is 1.44 bits per heavy atom. The highest BCUT2D eigenvalue weighted by molar-refractivity contribution is 7.91. The molecular formula is C10H12ClN3OS. The molecule has 0 bridgehead atoms. The molecule has 1 unspecified atom stereocenters. The average Bonchev–Trinajstić information content (AvgIpc) is 2.57. The molecule has 16 heavy (non-hydrogen) atoms. The minimum Gasteiger partial charge on any atom is -0.592 e. The molecule has 0 aliphatic carbocycles. The molecule has 2 aromatic heterocycles. The van der Waals surface area contributed by atoms with Gasteiger partial charge in [0.25, 0.3) is 0 Å². The molecule has 86 valence electrons. The first kappa shape index (κ1) is 11.7. The first-order valence-electron chi connectivity index (χ1n) is 4.81. The Morgan fingerprint density at radius 2 is 2.12 bits per heavy atom. The maximum Gasteiger partial charge on any atom is 0.224 e. The molecule has 1 atom stereocenters. The molecule has 2 heterocycles. The van der Waals surface area contributed by atoms with Crippen molar-refractivity contribution in [3.8, 4) is 0 Å². The molecule has 0 N–H and O–H groups in total. The normalized spacial score (nSPS) is 14.3. The lowest BCUT2D eigenvalue weighted by Gasteiger charge is -2.23. The Bertz CT molecular complexity index is 520. The molecular weight excluding hydrogens is 246 g/mol. The Morgan fingerprint density at radius 3 is 2.75 bits per heavy atom. The van der Waals surface area contributed by atoms with Crippen molar-refractivity contribution in [2.45, 2.75) is 25.5 Å². The standard InChI is InChI=1S/C10H12ClN3OS/c1-10(2,3)16(15)14-5-4-7-6-12-9(11)13-8(7)14/h4-6H,1-3H3. The zero-order valence-electron chi connectivity index (χ0n) is 9.27. The Kier molecular flexibility index (Phi) is 2.86. The van der Waals surface area contributed by atoms with Crippen LogP contribution in [0.15, 0.2) is 18.5 Å². The van der Waals surface area contributed by atoms with E-state index in [2.05, 4.69) is 9.97 Å². The summed E-state index contributed by atoms with van der Waals surface area (Å²) in [5, 5.41) is 1.00. The molecule has 0 saturated heterocycles. The number of hydrogen-bond acceptors (Lipinski definition) is 3. The average molecular weight is 258 g/mol. The first-order chi connectivity index (χ1) is 7.39. The first-order valence-corrected chi connectivity index (χ1v) is 6.30. The van der Waals surface area contributed by atoms with Crippen LogP contribution in [-0.2, 0) is 11.4 Å². The van der Waals surface area contributed by atoms with Gasteiger partial charge in [-0.15, -0.1) is 0 Å². The van der Waals surface area contributed by atoms with Crippen molar-refractivity contribution < 1.29 is 4.55 Å². The predicted octanol–water partition coefficient (Wildman–Crippen LogP) is 2.40. The van der Waals surface area contributed by atoms with Crippen molar-refractivity contribution in [2.24, 2.45) is 0 Å². The van der Waals surface area contributed by atoms with Crippen LogP contribution in [0.3, 0.4) is 0 Å². The van der Waals surface area contributed by atoms with Gasteiger partial charge in [0.2, 0.25) is 5.28 Å². The van der Waals surface area contributed by atoms with E-state index in [1.54, 1.807) is 16.4 Å². The van der Waals surface area contributed by atoms with E-state index in [4.69, 9.17) is 11.6 Å². The number of fused-ring (bicyclic) bond motifs is 1. The van der Waals surface area contributed by atoms with Gasteiger partial charge in [-0.3, -0.25) is 0 Å². The number of nitrogens with zero attached hydrogens (tertiary/aromatic N) is 3. The fraction of sp³-hybridized carbons (Fsp3) is 0.400. The fourth-order valence-corrected chi connectivity index (χ4v) is 2.50. The van der Waals surface area contributed by atoms with Gasteiger partial charge in [-0.05, 0) is 38.4 Å². The topological polar surface area (TPSA) is 53.8 Å². The van der Waals surface area contributed by atoms with Crippen LogP contribution in [0.2, 0.25) is 5.28 Å². The van der Waals surface area contributed by atoms with Crippen molar-refractivity contribution >= 4 is 34.0 Å². The number of rotatable bonds is 1. The second-order valence-corrected chi connectivity index (χ2v) is 6.88. The highest BCUT2D eigenvalue weighted by Gasteiger charge is 2.29. The molecule has 0 aliphatic rings. The van der Waals surface area contributed by atoms with Gasteiger partial charge in [0, 0.05) is 11.6 Å². The van der Waals surface area contributed by atoms with Crippen LogP contribution in [0.5, 0.6) is 0 Å². The largest absolute Gasteiger partial charge is 0.592 e. The van der Waals surface area contributed by atoms with Crippen LogP contribution < -0.4 is 0 Å². The summed E-state index contributed by atoms with van der Waals surface area (Å²) in [6.07, 6.45) is 3.37. The summed E-state index contributed by atoms with van der Waals surface area (Å²) in [5.41, 5.74) is 0.605. The van der Waals surface area contributed by atoms with Crippen LogP contribution in [0, 0.1) is 0 Å². The quantitative estimate of drug-likeness (QED) is 0.582. The summed E-state index contributed by atoms with van der Waals surface area (Å²) in [4.78, 5) is 7.98. The second kappa shape index (κ2) is 3.91. The zero-order chi connectivity index (χ0) is 11.9. The van der Waals surface area contributed by atoms with E-state index in [1.165, 1.54) is 0 Å². The van der Waals surface area contributed by atoms with Gasteiger partial charge >= 0.3 is 0 Å². The third-order valence-electron chi connectivity index (χ3n) is 2.07. The van der Waals surface area contributed by atoms with Crippen LogP contribution in [0.25, 0.3) is 11.0 Å². The molecule has 2 aromatic rings. The van der Waals surface area contributed by atoms with E-state index < -0.39 is 11.4 Å². The van der Waals surface area contributed by atoms with Crippen LogP contribution >= 0.6 is 11.6 Å². The van der Waals surface area contributed by atoms with Gasteiger partial charge in [-0.25, -0.2) is 4.98 Å². The van der Waals surface area contributed by atoms with E-state index >= 15 is 0 Å². The summed E-state index contributed by atoms with van der Waals surface area (Å²) in [6.45, 7) is 5.74. The van der Waals surface area contributed by atoms with E-state index in [-0.39, 0.29) is 10.0 Å². The molecule has 0 saturated carbocycles. The van der Waals surface area contributed by atoms with Gasteiger partial charge in [0.05, 0.1) is 17.6 Å². The van der Waals surface area contributed by atoms with Crippen LogP contribution in [-0.4, -0.2) is 23.2 Å².